The van der Waals surface area contributed by atoms with E-state index < -0.39 is 0 Å². The first-order valence-electron chi connectivity index (χ1n) is 9.92. The highest BCUT2D eigenvalue weighted by atomic mass is 127. The van der Waals surface area contributed by atoms with Gasteiger partial charge in [0.1, 0.15) is 12.3 Å². The number of benzene rings is 2. The largest absolute Gasteiger partial charge is 0.490 e. The van der Waals surface area contributed by atoms with Gasteiger partial charge in [0.2, 0.25) is 0 Å². The molecule has 1 amide bonds. The fraction of sp³-hybridized carbons (Fsp3) is 0.304. The number of aryl methyl sites for hydroxylation is 1. The number of carbonyl (C=O) groups excluding carboxylic acids is 1. The average molecular weight is 536 g/mol. The first-order chi connectivity index (χ1) is 14.4. The summed E-state index contributed by atoms with van der Waals surface area (Å²) >= 11 is 7.52. The van der Waals surface area contributed by atoms with Crippen molar-refractivity contribution in [3.05, 3.63) is 62.4 Å². The van der Waals surface area contributed by atoms with Gasteiger partial charge in [-0.3, -0.25) is 9.69 Å². The number of halogens is 1. The van der Waals surface area contributed by atoms with Crippen LogP contribution in [-0.4, -0.2) is 29.1 Å². The van der Waals surface area contributed by atoms with Crippen LogP contribution >= 0.6 is 34.8 Å². The third-order valence-corrected chi connectivity index (χ3v) is 5.68. The molecule has 1 heterocycles. The fourth-order valence-corrected chi connectivity index (χ4v) is 4.14. The molecule has 0 saturated carbocycles. The molecule has 158 valence electrons. The van der Waals surface area contributed by atoms with Crippen molar-refractivity contribution in [2.75, 3.05) is 13.2 Å². The molecule has 0 aliphatic carbocycles. The van der Waals surface area contributed by atoms with Crippen molar-refractivity contribution in [1.29, 1.82) is 0 Å². The maximum atomic E-state index is 12.6. The van der Waals surface area contributed by atoms with Gasteiger partial charge in [-0.15, -0.1) is 0 Å². The average Bonchev–Trinajstić information content (AvgIpc) is 2.97. The van der Waals surface area contributed by atoms with Crippen molar-refractivity contribution >= 4 is 51.9 Å². The number of nitrogens with zero attached hydrogens (tertiary/aromatic N) is 1. The molecular formula is C23H25IN2O3S. The zero-order chi connectivity index (χ0) is 21.7. The minimum atomic E-state index is -0.102. The zero-order valence-corrected chi connectivity index (χ0v) is 20.3. The Morgan fingerprint density at radius 3 is 2.57 bits per heavy atom. The molecule has 30 heavy (non-hydrogen) atoms. The Hall–Kier alpha value is -2.13. The minimum absolute atomic E-state index is 0.102. The summed E-state index contributed by atoms with van der Waals surface area (Å²) in [5.41, 5.74) is 3.63. The Morgan fingerprint density at radius 2 is 1.90 bits per heavy atom. The molecule has 0 unspecified atom stereocenters. The quantitative estimate of drug-likeness (QED) is 0.291. The number of rotatable bonds is 8. The van der Waals surface area contributed by atoms with Crippen molar-refractivity contribution in [3.8, 4) is 11.5 Å². The molecule has 0 spiro atoms. The Labute approximate surface area is 196 Å². The molecule has 1 aliphatic rings. The van der Waals surface area contributed by atoms with Gasteiger partial charge in [-0.05, 0) is 84.4 Å². The predicted molar refractivity (Wildman–Crippen MR) is 132 cm³/mol. The Balaban J connectivity index is 1.85. The lowest BCUT2D eigenvalue weighted by Gasteiger charge is -2.15. The van der Waals surface area contributed by atoms with Crippen LogP contribution in [0.1, 0.15) is 37.0 Å². The molecule has 1 saturated heterocycles. The van der Waals surface area contributed by atoms with Crippen molar-refractivity contribution in [1.82, 2.24) is 10.2 Å². The molecule has 3 rings (SSSR count). The monoisotopic (exact) mass is 536 g/mol. The summed E-state index contributed by atoms with van der Waals surface area (Å²) in [6.45, 7) is 7.59. The van der Waals surface area contributed by atoms with Gasteiger partial charge in [-0.25, -0.2) is 0 Å². The predicted octanol–water partition coefficient (Wildman–Crippen LogP) is 5.04. The van der Waals surface area contributed by atoms with Crippen molar-refractivity contribution in [2.24, 2.45) is 0 Å². The maximum absolute atomic E-state index is 12.6. The van der Waals surface area contributed by atoms with Crippen molar-refractivity contribution in [2.45, 2.75) is 33.8 Å². The number of hydrogen-bond donors (Lipinski definition) is 1. The van der Waals surface area contributed by atoms with E-state index in [2.05, 4.69) is 59.1 Å². The zero-order valence-electron chi connectivity index (χ0n) is 17.3. The van der Waals surface area contributed by atoms with Crippen LogP contribution in [0.3, 0.4) is 0 Å². The molecule has 1 aliphatic heterocycles. The molecule has 2 aromatic carbocycles. The first-order valence-corrected chi connectivity index (χ1v) is 11.4. The SMILES string of the molecule is CCCN1C(=O)/C(=C/c2cc(I)c(OCc3ccc(C)cc3)c(OCC)c2)NC1=S. The number of amides is 1. The second-order valence-corrected chi connectivity index (χ2v) is 8.53. The van der Waals surface area contributed by atoms with Crippen LogP contribution in [-0.2, 0) is 11.4 Å². The Bertz CT molecular complexity index is 973. The van der Waals surface area contributed by atoms with E-state index in [1.165, 1.54) is 5.56 Å². The van der Waals surface area contributed by atoms with E-state index in [-0.39, 0.29) is 5.91 Å². The van der Waals surface area contributed by atoms with Crippen LogP contribution in [0.5, 0.6) is 11.5 Å². The van der Waals surface area contributed by atoms with E-state index in [0.717, 1.165) is 21.1 Å². The van der Waals surface area contributed by atoms with Crippen molar-refractivity contribution in [3.63, 3.8) is 0 Å². The summed E-state index contributed by atoms with van der Waals surface area (Å²) in [5, 5.41) is 3.47. The van der Waals surface area contributed by atoms with Crippen LogP contribution in [0, 0.1) is 10.5 Å². The number of hydrogen-bond acceptors (Lipinski definition) is 4. The highest BCUT2D eigenvalue weighted by molar-refractivity contribution is 14.1. The van der Waals surface area contributed by atoms with Crippen molar-refractivity contribution < 1.29 is 14.3 Å². The number of ether oxygens (including phenoxy) is 2. The minimum Gasteiger partial charge on any atom is -0.490 e. The van der Waals surface area contributed by atoms with Gasteiger partial charge < -0.3 is 14.8 Å². The lowest BCUT2D eigenvalue weighted by molar-refractivity contribution is -0.122. The van der Waals surface area contributed by atoms with E-state index in [4.69, 9.17) is 21.7 Å². The van der Waals surface area contributed by atoms with Gasteiger partial charge in [0.25, 0.3) is 5.91 Å². The molecular weight excluding hydrogens is 511 g/mol. The summed E-state index contributed by atoms with van der Waals surface area (Å²) in [6, 6.07) is 12.1. The Morgan fingerprint density at radius 1 is 1.17 bits per heavy atom. The van der Waals surface area contributed by atoms with Gasteiger partial charge in [0.05, 0.1) is 10.2 Å². The second kappa shape index (κ2) is 10.3. The van der Waals surface area contributed by atoms with Gasteiger partial charge >= 0.3 is 0 Å². The molecule has 5 nitrogen and oxygen atoms in total. The molecule has 0 atom stereocenters. The van der Waals surface area contributed by atoms with E-state index >= 15 is 0 Å². The molecule has 7 heteroatoms. The maximum Gasteiger partial charge on any atom is 0.276 e. The highest BCUT2D eigenvalue weighted by Crippen LogP contribution is 2.35. The van der Waals surface area contributed by atoms with Gasteiger partial charge in [0.15, 0.2) is 16.6 Å². The molecule has 0 radical (unpaired) electrons. The molecule has 1 fully saturated rings. The van der Waals surface area contributed by atoms with Crippen LogP contribution in [0.25, 0.3) is 6.08 Å². The first kappa shape index (κ1) is 22.6. The van der Waals surface area contributed by atoms with E-state index in [1.54, 1.807) is 11.0 Å². The number of carbonyl (C=O) groups is 1. The van der Waals surface area contributed by atoms with Gasteiger partial charge in [-0.2, -0.15) is 0 Å². The summed E-state index contributed by atoms with van der Waals surface area (Å²) in [4.78, 5) is 14.2. The van der Waals surface area contributed by atoms with Crippen LogP contribution in [0.15, 0.2) is 42.1 Å². The number of thiocarbonyl (C=S) groups is 1. The van der Waals surface area contributed by atoms with Crippen LogP contribution in [0.2, 0.25) is 0 Å². The van der Waals surface area contributed by atoms with Gasteiger partial charge in [-0.1, -0.05) is 36.8 Å². The topological polar surface area (TPSA) is 50.8 Å². The molecule has 0 bridgehead atoms. The summed E-state index contributed by atoms with van der Waals surface area (Å²) in [7, 11) is 0. The second-order valence-electron chi connectivity index (χ2n) is 6.98. The summed E-state index contributed by atoms with van der Waals surface area (Å²) in [6.07, 6.45) is 2.65. The third-order valence-electron chi connectivity index (χ3n) is 4.56. The van der Waals surface area contributed by atoms with E-state index in [0.29, 0.717) is 42.1 Å². The highest BCUT2D eigenvalue weighted by Gasteiger charge is 2.29. The van der Waals surface area contributed by atoms with Gasteiger partial charge in [0, 0.05) is 6.54 Å². The molecule has 2 aromatic rings. The smallest absolute Gasteiger partial charge is 0.276 e. The summed E-state index contributed by atoms with van der Waals surface area (Å²) in [5.74, 6) is 1.25. The Kier molecular flexibility index (Phi) is 7.71. The van der Waals surface area contributed by atoms with E-state index in [1.807, 2.05) is 26.0 Å². The third kappa shape index (κ3) is 5.31. The standard InChI is InChI=1S/C23H25IN2O3S/c1-4-10-26-22(27)19(25-23(26)30)12-17-11-18(24)21(20(13-17)28-5-2)29-14-16-8-6-15(3)7-9-16/h6-9,11-13H,4-5,10,14H2,1-3H3,(H,25,30)/b19-12-. The lowest BCUT2D eigenvalue weighted by Crippen LogP contribution is -2.31. The summed E-state index contributed by atoms with van der Waals surface area (Å²) < 4.78 is 12.8. The van der Waals surface area contributed by atoms with Crippen LogP contribution in [0.4, 0.5) is 0 Å². The van der Waals surface area contributed by atoms with Crippen LogP contribution < -0.4 is 14.8 Å². The number of nitrogens with one attached hydrogen (secondary N) is 1. The fourth-order valence-electron chi connectivity index (χ4n) is 3.08. The molecule has 0 aromatic heterocycles. The molecule has 1 N–H and O–H groups in total. The lowest BCUT2D eigenvalue weighted by atomic mass is 10.1. The normalized spacial score (nSPS) is 14.9. The van der Waals surface area contributed by atoms with E-state index in [9.17, 15) is 4.79 Å².